The second-order valence-electron chi connectivity index (χ2n) is 6.74. The van der Waals surface area contributed by atoms with Crippen molar-refractivity contribution in [2.24, 2.45) is 4.99 Å². The van der Waals surface area contributed by atoms with Crippen molar-refractivity contribution < 1.29 is 9.15 Å². The van der Waals surface area contributed by atoms with E-state index < -0.39 is 0 Å². The monoisotopic (exact) mass is 350 g/mol. The molecule has 1 fully saturated rings. The molecule has 142 valence electrons. The van der Waals surface area contributed by atoms with E-state index in [9.17, 15) is 0 Å². The minimum Gasteiger partial charge on any atom is -0.467 e. The van der Waals surface area contributed by atoms with E-state index in [4.69, 9.17) is 9.15 Å². The molecule has 0 amide bonds. The summed E-state index contributed by atoms with van der Waals surface area (Å²) in [6.45, 7) is 11.5. The molecule has 0 radical (unpaired) electrons. The maximum Gasteiger partial charge on any atom is 0.191 e. The van der Waals surface area contributed by atoms with E-state index in [1.165, 1.54) is 12.8 Å². The highest BCUT2D eigenvalue weighted by atomic mass is 16.5. The zero-order valence-corrected chi connectivity index (χ0v) is 16.0. The molecule has 0 aromatic carbocycles. The molecule has 6 nitrogen and oxygen atoms in total. The van der Waals surface area contributed by atoms with Gasteiger partial charge in [-0.1, -0.05) is 0 Å². The van der Waals surface area contributed by atoms with Crippen LogP contribution in [0.15, 0.2) is 27.8 Å². The average Bonchev–Trinajstić information content (AvgIpc) is 3.29. The predicted octanol–water partition coefficient (Wildman–Crippen LogP) is 2.61. The normalized spacial score (nSPS) is 15.2. The maximum absolute atomic E-state index is 5.58. The van der Waals surface area contributed by atoms with Gasteiger partial charge in [0.05, 0.1) is 6.26 Å². The number of hydrogen-bond acceptors (Lipinski definition) is 4. The van der Waals surface area contributed by atoms with Crippen molar-refractivity contribution in [2.45, 2.75) is 58.7 Å². The molecule has 1 aliphatic carbocycles. The summed E-state index contributed by atoms with van der Waals surface area (Å²) in [7, 11) is 0. The second kappa shape index (κ2) is 11.2. The molecule has 25 heavy (non-hydrogen) atoms. The summed E-state index contributed by atoms with van der Waals surface area (Å²) in [5, 5.41) is 6.75. The Morgan fingerprint density at radius 1 is 1.40 bits per heavy atom. The van der Waals surface area contributed by atoms with Crippen LogP contribution in [0.4, 0.5) is 0 Å². The van der Waals surface area contributed by atoms with Crippen LogP contribution in [0.5, 0.6) is 0 Å². The van der Waals surface area contributed by atoms with Crippen LogP contribution in [-0.2, 0) is 11.3 Å². The number of nitrogens with one attached hydrogen (secondary N) is 2. The minimum absolute atomic E-state index is 0.529. The molecule has 0 aliphatic heterocycles. The molecule has 6 heteroatoms. The zero-order valence-electron chi connectivity index (χ0n) is 16.0. The Balaban J connectivity index is 1.60. The lowest BCUT2D eigenvalue weighted by Gasteiger charge is -2.26. The van der Waals surface area contributed by atoms with Crippen molar-refractivity contribution in [3.05, 3.63) is 24.2 Å². The standard InChI is InChI=1S/C19H34N4O2/c1-4-20-19(22-11-12-23(16(2)3)17-8-9-17)21-10-6-13-24-15-18-7-5-14-25-18/h5,7,14,16-17H,4,6,8-13,15H2,1-3H3,(H2,20,21,22). The number of aliphatic imine (C=N–C) groups is 1. The fraction of sp³-hybridized carbons (Fsp3) is 0.737. The molecule has 2 N–H and O–H groups in total. The fourth-order valence-electron chi connectivity index (χ4n) is 2.84. The van der Waals surface area contributed by atoms with Crippen LogP contribution >= 0.6 is 0 Å². The third-order valence-electron chi connectivity index (χ3n) is 4.23. The Bertz CT molecular complexity index is 482. The number of hydrogen-bond donors (Lipinski definition) is 2. The third kappa shape index (κ3) is 7.92. The lowest BCUT2D eigenvalue weighted by atomic mass is 10.3. The van der Waals surface area contributed by atoms with E-state index >= 15 is 0 Å². The third-order valence-corrected chi connectivity index (χ3v) is 4.23. The van der Waals surface area contributed by atoms with Crippen molar-refractivity contribution in [2.75, 3.05) is 32.8 Å². The van der Waals surface area contributed by atoms with E-state index in [1.54, 1.807) is 6.26 Å². The minimum atomic E-state index is 0.529. The van der Waals surface area contributed by atoms with Crippen molar-refractivity contribution in [1.82, 2.24) is 15.5 Å². The number of rotatable bonds is 12. The summed E-state index contributed by atoms with van der Waals surface area (Å²) in [4.78, 5) is 7.21. The number of ether oxygens (including phenoxy) is 1. The molecule has 0 saturated heterocycles. The van der Waals surface area contributed by atoms with Gasteiger partial charge in [0.2, 0.25) is 0 Å². The molecule has 1 aromatic heterocycles. The van der Waals surface area contributed by atoms with E-state index in [-0.39, 0.29) is 0 Å². The van der Waals surface area contributed by atoms with E-state index in [2.05, 4.69) is 41.3 Å². The van der Waals surface area contributed by atoms with Gasteiger partial charge in [-0.2, -0.15) is 0 Å². The molecule has 1 saturated carbocycles. The Morgan fingerprint density at radius 2 is 2.24 bits per heavy atom. The van der Waals surface area contributed by atoms with Gasteiger partial charge in [0.15, 0.2) is 5.96 Å². The van der Waals surface area contributed by atoms with Gasteiger partial charge in [-0.05, 0) is 52.2 Å². The van der Waals surface area contributed by atoms with Gasteiger partial charge in [-0.25, -0.2) is 0 Å². The lowest BCUT2D eigenvalue weighted by molar-refractivity contribution is 0.105. The number of nitrogens with zero attached hydrogens (tertiary/aromatic N) is 2. The molecule has 1 heterocycles. The quantitative estimate of drug-likeness (QED) is 0.345. The lowest BCUT2D eigenvalue weighted by Crippen LogP contribution is -2.44. The van der Waals surface area contributed by atoms with E-state index in [1.807, 2.05) is 12.1 Å². The van der Waals surface area contributed by atoms with Crippen LogP contribution in [0, 0.1) is 0 Å². The van der Waals surface area contributed by atoms with Crippen molar-refractivity contribution >= 4 is 5.96 Å². The first-order valence-corrected chi connectivity index (χ1v) is 9.58. The van der Waals surface area contributed by atoms with Crippen LogP contribution in [0.1, 0.15) is 45.8 Å². The summed E-state index contributed by atoms with van der Waals surface area (Å²) < 4.78 is 10.8. The number of furan rings is 1. The van der Waals surface area contributed by atoms with Crippen LogP contribution in [0.3, 0.4) is 0 Å². The smallest absolute Gasteiger partial charge is 0.191 e. The summed E-state index contributed by atoms with van der Waals surface area (Å²) in [6, 6.07) is 5.21. The highest BCUT2D eigenvalue weighted by Gasteiger charge is 2.30. The molecule has 1 aliphatic rings. The summed E-state index contributed by atoms with van der Waals surface area (Å²) in [6.07, 6.45) is 5.27. The van der Waals surface area contributed by atoms with Gasteiger partial charge in [-0.15, -0.1) is 0 Å². The summed E-state index contributed by atoms with van der Waals surface area (Å²) in [5.74, 6) is 1.76. The first-order chi connectivity index (χ1) is 12.2. The van der Waals surface area contributed by atoms with E-state index in [0.29, 0.717) is 19.3 Å². The SMILES string of the molecule is CCNC(=NCCCOCc1ccco1)NCCN(C(C)C)C1CC1. The first-order valence-electron chi connectivity index (χ1n) is 9.58. The van der Waals surface area contributed by atoms with Crippen molar-refractivity contribution in [3.63, 3.8) is 0 Å². The Labute approximate surface area is 152 Å². The van der Waals surface area contributed by atoms with Gasteiger partial charge >= 0.3 is 0 Å². The molecule has 0 atom stereocenters. The van der Waals surface area contributed by atoms with Gasteiger partial charge < -0.3 is 19.8 Å². The molecule has 1 aromatic rings. The molecule has 0 bridgehead atoms. The molecule has 0 unspecified atom stereocenters. The van der Waals surface area contributed by atoms with Crippen LogP contribution in [0.25, 0.3) is 0 Å². The number of guanidine groups is 1. The average molecular weight is 351 g/mol. The molecule has 2 rings (SSSR count). The zero-order chi connectivity index (χ0) is 17.9. The van der Waals surface area contributed by atoms with Gasteiger partial charge in [0.25, 0.3) is 0 Å². The van der Waals surface area contributed by atoms with Gasteiger partial charge in [0, 0.05) is 44.9 Å². The predicted molar refractivity (Wildman–Crippen MR) is 102 cm³/mol. The van der Waals surface area contributed by atoms with Crippen LogP contribution in [0.2, 0.25) is 0 Å². The Morgan fingerprint density at radius 3 is 2.88 bits per heavy atom. The van der Waals surface area contributed by atoms with Crippen molar-refractivity contribution in [3.8, 4) is 0 Å². The van der Waals surface area contributed by atoms with Crippen LogP contribution in [-0.4, -0.2) is 55.7 Å². The molecular formula is C19H34N4O2. The van der Waals surface area contributed by atoms with Gasteiger partial charge in [-0.3, -0.25) is 9.89 Å². The van der Waals surface area contributed by atoms with E-state index in [0.717, 1.165) is 50.4 Å². The molecular weight excluding hydrogens is 316 g/mol. The summed E-state index contributed by atoms with van der Waals surface area (Å²) >= 11 is 0. The van der Waals surface area contributed by atoms with Crippen molar-refractivity contribution in [1.29, 1.82) is 0 Å². The molecule has 0 spiro atoms. The maximum atomic E-state index is 5.58. The first kappa shape index (κ1) is 19.8. The Kier molecular flexibility index (Phi) is 8.83. The Hall–Kier alpha value is -1.53. The highest BCUT2D eigenvalue weighted by Crippen LogP contribution is 2.27. The van der Waals surface area contributed by atoms with Crippen LogP contribution < -0.4 is 10.6 Å². The highest BCUT2D eigenvalue weighted by molar-refractivity contribution is 5.79. The topological polar surface area (TPSA) is 62.0 Å². The largest absolute Gasteiger partial charge is 0.467 e. The summed E-state index contributed by atoms with van der Waals surface area (Å²) in [5.41, 5.74) is 0. The fourth-order valence-corrected chi connectivity index (χ4v) is 2.84. The second-order valence-corrected chi connectivity index (χ2v) is 6.74. The van der Waals surface area contributed by atoms with Gasteiger partial charge in [0.1, 0.15) is 12.4 Å².